The van der Waals surface area contributed by atoms with Crippen molar-refractivity contribution in [1.82, 2.24) is 20.3 Å². The molecule has 1 heterocycles. The Bertz CT molecular complexity index is 1100. The number of hydrogen-bond donors (Lipinski definition) is 1. The van der Waals surface area contributed by atoms with E-state index < -0.39 is 5.82 Å². The highest BCUT2D eigenvalue weighted by atomic mass is 19.1. The molecule has 1 N–H and O–H groups in total. The highest BCUT2D eigenvalue weighted by molar-refractivity contribution is 5.75. The van der Waals surface area contributed by atoms with Gasteiger partial charge in [0.2, 0.25) is 11.6 Å². The average Bonchev–Trinajstić information content (AvgIpc) is 3.43. The number of halogens is 1. The molecule has 1 saturated carbocycles. The number of rotatable bonds is 5. The lowest BCUT2D eigenvalue weighted by Crippen LogP contribution is -2.32. The summed E-state index contributed by atoms with van der Waals surface area (Å²) < 4.78 is 15.9. The van der Waals surface area contributed by atoms with Gasteiger partial charge in [0.1, 0.15) is 5.82 Å². The van der Waals surface area contributed by atoms with Crippen molar-refractivity contribution in [2.45, 2.75) is 44.7 Å². The maximum absolute atomic E-state index is 13.9. The van der Waals surface area contributed by atoms with Crippen LogP contribution in [0.5, 0.6) is 0 Å². The SMILES string of the molecule is [C-]#[N+]c1ccc(-c2ccc(-c3cnnn3[C@@H]3CC[C@H](NC(=O)CC)C3)cc2)cc1F. The molecule has 152 valence electrons. The van der Waals surface area contributed by atoms with Crippen LogP contribution >= 0.6 is 0 Å². The van der Waals surface area contributed by atoms with Gasteiger partial charge < -0.3 is 5.32 Å². The van der Waals surface area contributed by atoms with Crippen molar-refractivity contribution in [2.24, 2.45) is 0 Å². The van der Waals surface area contributed by atoms with Crippen LogP contribution in [0.1, 0.15) is 38.6 Å². The van der Waals surface area contributed by atoms with Crippen LogP contribution in [0.15, 0.2) is 48.7 Å². The van der Waals surface area contributed by atoms with E-state index in [1.807, 2.05) is 35.9 Å². The Morgan fingerprint density at radius 2 is 1.93 bits per heavy atom. The number of aromatic nitrogens is 3. The Balaban J connectivity index is 1.53. The minimum absolute atomic E-state index is 0.0235. The lowest BCUT2D eigenvalue weighted by Gasteiger charge is -2.15. The highest BCUT2D eigenvalue weighted by Gasteiger charge is 2.29. The van der Waals surface area contributed by atoms with Crippen molar-refractivity contribution in [3.05, 3.63) is 65.9 Å². The van der Waals surface area contributed by atoms with Gasteiger partial charge in [-0.05, 0) is 36.5 Å². The average molecular weight is 403 g/mol. The maximum atomic E-state index is 13.9. The van der Waals surface area contributed by atoms with Gasteiger partial charge in [0.15, 0.2) is 0 Å². The molecule has 2 aromatic carbocycles. The Kier molecular flexibility index (Phi) is 5.57. The zero-order valence-electron chi connectivity index (χ0n) is 16.7. The monoisotopic (exact) mass is 403 g/mol. The summed E-state index contributed by atoms with van der Waals surface area (Å²) in [5, 5.41) is 11.5. The first-order chi connectivity index (χ1) is 14.6. The summed E-state index contributed by atoms with van der Waals surface area (Å²) in [5.41, 5.74) is 3.52. The van der Waals surface area contributed by atoms with Crippen molar-refractivity contribution >= 4 is 11.6 Å². The topological polar surface area (TPSA) is 64.2 Å². The van der Waals surface area contributed by atoms with E-state index in [9.17, 15) is 9.18 Å². The van der Waals surface area contributed by atoms with E-state index in [2.05, 4.69) is 20.5 Å². The Labute approximate surface area is 174 Å². The fourth-order valence-electron chi connectivity index (χ4n) is 3.97. The predicted molar refractivity (Wildman–Crippen MR) is 112 cm³/mol. The summed E-state index contributed by atoms with van der Waals surface area (Å²) in [7, 11) is 0. The van der Waals surface area contributed by atoms with E-state index in [0.717, 1.165) is 41.6 Å². The fourth-order valence-corrected chi connectivity index (χ4v) is 3.97. The molecule has 0 bridgehead atoms. The first-order valence-corrected chi connectivity index (χ1v) is 10.1. The van der Waals surface area contributed by atoms with Crippen LogP contribution in [0.4, 0.5) is 10.1 Å². The van der Waals surface area contributed by atoms with Crippen LogP contribution in [0, 0.1) is 12.4 Å². The molecule has 1 aliphatic carbocycles. The first-order valence-electron chi connectivity index (χ1n) is 10.1. The molecule has 0 spiro atoms. The van der Waals surface area contributed by atoms with Crippen molar-refractivity contribution in [1.29, 1.82) is 0 Å². The largest absolute Gasteiger partial charge is 0.353 e. The zero-order valence-corrected chi connectivity index (χ0v) is 16.7. The predicted octanol–water partition coefficient (Wildman–Crippen LogP) is 4.92. The Hall–Kier alpha value is -3.53. The minimum atomic E-state index is -0.514. The number of benzene rings is 2. The van der Waals surface area contributed by atoms with Gasteiger partial charge in [0.05, 0.1) is 24.5 Å². The molecule has 0 unspecified atom stereocenters. The second-order valence-electron chi connectivity index (χ2n) is 7.50. The number of carbonyl (C=O) groups excluding carboxylic acids is 1. The quantitative estimate of drug-likeness (QED) is 0.615. The van der Waals surface area contributed by atoms with Gasteiger partial charge in [0.25, 0.3) is 0 Å². The molecule has 0 aliphatic heterocycles. The molecule has 0 radical (unpaired) electrons. The van der Waals surface area contributed by atoms with Gasteiger partial charge in [0, 0.05) is 18.0 Å². The first kappa shape index (κ1) is 19.8. The smallest absolute Gasteiger partial charge is 0.222 e. The number of nitrogens with one attached hydrogen (secondary N) is 1. The normalized spacial score (nSPS) is 18.2. The summed E-state index contributed by atoms with van der Waals surface area (Å²) in [5.74, 6) is -0.435. The number of hydrogen-bond acceptors (Lipinski definition) is 3. The van der Waals surface area contributed by atoms with Gasteiger partial charge in [-0.1, -0.05) is 48.5 Å². The molecule has 0 saturated heterocycles. The van der Waals surface area contributed by atoms with E-state index in [0.29, 0.717) is 6.42 Å². The van der Waals surface area contributed by atoms with Gasteiger partial charge in [-0.15, -0.1) is 5.10 Å². The lowest BCUT2D eigenvalue weighted by atomic mass is 10.0. The molecule has 6 nitrogen and oxygen atoms in total. The molecular weight excluding hydrogens is 381 g/mol. The van der Waals surface area contributed by atoms with Crippen molar-refractivity contribution in [3.8, 4) is 22.4 Å². The van der Waals surface area contributed by atoms with Crippen molar-refractivity contribution < 1.29 is 9.18 Å². The number of carbonyl (C=O) groups is 1. The summed E-state index contributed by atoms with van der Waals surface area (Å²) in [4.78, 5) is 14.8. The van der Waals surface area contributed by atoms with Crippen LogP contribution < -0.4 is 5.32 Å². The van der Waals surface area contributed by atoms with E-state index in [1.165, 1.54) is 12.1 Å². The third-order valence-corrected chi connectivity index (χ3v) is 5.59. The maximum Gasteiger partial charge on any atom is 0.222 e. The Morgan fingerprint density at radius 3 is 2.63 bits per heavy atom. The fraction of sp³-hybridized carbons (Fsp3) is 0.304. The highest BCUT2D eigenvalue weighted by Crippen LogP contribution is 2.34. The summed E-state index contributed by atoms with van der Waals surface area (Å²) in [6.07, 6.45) is 4.95. The van der Waals surface area contributed by atoms with E-state index in [4.69, 9.17) is 6.57 Å². The minimum Gasteiger partial charge on any atom is -0.353 e. The molecule has 4 rings (SSSR count). The van der Waals surface area contributed by atoms with E-state index in [1.54, 1.807) is 12.3 Å². The number of amides is 1. The van der Waals surface area contributed by atoms with Crippen molar-refractivity contribution in [2.75, 3.05) is 0 Å². The molecular formula is C23H22FN5O. The summed E-state index contributed by atoms with van der Waals surface area (Å²) in [6.45, 7) is 8.82. The second-order valence-corrected chi connectivity index (χ2v) is 7.50. The Morgan fingerprint density at radius 1 is 1.20 bits per heavy atom. The van der Waals surface area contributed by atoms with Crippen LogP contribution in [0.25, 0.3) is 27.2 Å². The van der Waals surface area contributed by atoms with Crippen LogP contribution in [-0.2, 0) is 4.79 Å². The van der Waals surface area contributed by atoms with E-state index in [-0.39, 0.29) is 23.7 Å². The third kappa shape index (κ3) is 3.94. The molecule has 7 heteroatoms. The van der Waals surface area contributed by atoms with Crippen LogP contribution in [-0.4, -0.2) is 26.9 Å². The number of nitrogens with zero attached hydrogens (tertiary/aromatic N) is 4. The second kappa shape index (κ2) is 8.46. The third-order valence-electron chi connectivity index (χ3n) is 5.59. The molecule has 1 aromatic heterocycles. The molecule has 3 aromatic rings. The van der Waals surface area contributed by atoms with Crippen molar-refractivity contribution in [3.63, 3.8) is 0 Å². The molecule has 1 aliphatic rings. The standard InChI is InChI=1S/C23H22FN5O/c1-3-23(30)27-18-9-10-19(13-18)29-22(14-26-28-29)16-6-4-15(5-7-16)17-8-11-21(25-2)20(24)12-17/h4-8,11-12,14,18-19H,3,9-10,13H2,1H3,(H,27,30)/t18-,19+/m0/s1. The van der Waals surface area contributed by atoms with Gasteiger partial charge in [-0.25, -0.2) is 13.9 Å². The summed E-state index contributed by atoms with van der Waals surface area (Å²) >= 11 is 0. The molecule has 1 fully saturated rings. The van der Waals surface area contributed by atoms with Gasteiger partial charge >= 0.3 is 0 Å². The summed E-state index contributed by atoms with van der Waals surface area (Å²) in [6, 6.07) is 12.8. The van der Waals surface area contributed by atoms with Gasteiger partial charge in [-0.2, -0.15) is 0 Å². The molecule has 30 heavy (non-hydrogen) atoms. The van der Waals surface area contributed by atoms with Gasteiger partial charge in [-0.3, -0.25) is 4.79 Å². The lowest BCUT2D eigenvalue weighted by molar-refractivity contribution is -0.121. The molecule has 1 amide bonds. The zero-order chi connectivity index (χ0) is 21.1. The molecule has 2 atom stereocenters. The van der Waals surface area contributed by atoms with Crippen LogP contribution in [0.2, 0.25) is 0 Å². The van der Waals surface area contributed by atoms with Crippen LogP contribution in [0.3, 0.4) is 0 Å². The van der Waals surface area contributed by atoms with E-state index >= 15 is 0 Å².